The molecule has 0 N–H and O–H groups in total. The molecule has 2 heterocycles. The summed E-state index contributed by atoms with van der Waals surface area (Å²) in [5.74, 6) is 0. The molecule has 258 valence electrons. The van der Waals surface area contributed by atoms with Crippen LogP contribution < -0.4 is 4.90 Å². The molecule has 11 rings (SSSR count). The van der Waals surface area contributed by atoms with Crippen molar-refractivity contribution in [2.24, 2.45) is 0 Å². The Balaban J connectivity index is 1.11. The van der Waals surface area contributed by atoms with Crippen molar-refractivity contribution in [3.63, 3.8) is 0 Å². The summed E-state index contributed by atoms with van der Waals surface area (Å²) < 4.78 is 8.68. The number of para-hydroxylation sites is 4. The minimum absolute atomic E-state index is 0.880. The van der Waals surface area contributed by atoms with Gasteiger partial charge in [-0.2, -0.15) is 0 Å². The maximum absolute atomic E-state index is 6.27. The van der Waals surface area contributed by atoms with Gasteiger partial charge in [-0.3, -0.25) is 0 Å². The maximum atomic E-state index is 6.27. The lowest BCUT2D eigenvalue weighted by Crippen LogP contribution is -2.10. The number of hydrogen-bond acceptors (Lipinski definition) is 2. The third-order valence-electron chi connectivity index (χ3n) is 11.0. The summed E-state index contributed by atoms with van der Waals surface area (Å²) in [6, 6.07) is 74.0. The van der Waals surface area contributed by atoms with E-state index in [2.05, 4.69) is 204 Å². The largest absolute Gasteiger partial charge is 0.456 e. The highest BCUT2D eigenvalue weighted by Crippen LogP contribution is 2.43. The fourth-order valence-electron chi connectivity index (χ4n) is 8.48. The zero-order valence-electron chi connectivity index (χ0n) is 29.9. The second-order valence-corrected chi connectivity index (χ2v) is 14.1. The smallest absolute Gasteiger partial charge is 0.135 e. The molecule has 0 radical (unpaired) electrons. The van der Waals surface area contributed by atoms with Crippen molar-refractivity contribution in [3.8, 4) is 27.9 Å². The van der Waals surface area contributed by atoms with Crippen LogP contribution in [0.5, 0.6) is 0 Å². The number of anilines is 3. The molecule has 0 saturated carbocycles. The summed E-state index contributed by atoms with van der Waals surface area (Å²) in [4.78, 5) is 2.37. The Morgan fingerprint density at radius 3 is 1.89 bits per heavy atom. The monoisotopic (exact) mass is 702 g/mol. The van der Waals surface area contributed by atoms with Crippen LogP contribution in [0.15, 0.2) is 211 Å². The van der Waals surface area contributed by atoms with Crippen LogP contribution in [-0.4, -0.2) is 4.57 Å². The van der Waals surface area contributed by atoms with Crippen LogP contribution in [0.3, 0.4) is 0 Å². The van der Waals surface area contributed by atoms with E-state index in [0.29, 0.717) is 0 Å². The normalized spacial score (nSPS) is 11.6. The molecule has 3 heteroatoms. The second-order valence-electron chi connectivity index (χ2n) is 14.1. The van der Waals surface area contributed by atoms with E-state index < -0.39 is 0 Å². The van der Waals surface area contributed by atoms with Crippen LogP contribution in [-0.2, 0) is 0 Å². The predicted molar refractivity (Wildman–Crippen MR) is 231 cm³/mol. The number of hydrogen-bond donors (Lipinski definition) is 0. The van der Waals surface area contributed by atoms with E-state index in [1.165, 1.54) is 49.3 Å². The van der Waals surface area contributed by atoms with Gasteiger partial charge in [0.2, 0.25) is 0 Å². The first-order valence-electron chi connectivity index (χ1n) is 18.8. The maximum Gasteiger partial charge on any atom is 0.135 e. The zero-order valence-corrected chi connectivity index (χ0v) is 29.9. The van der Waals surface area contributed by atoms with Crippen LogP contribution in [0.2, 0.25) is 0 Å². The van der Waals surface area contributed by atoms with Crippen molar-refractivity contribution in [2.75, 3.05) is 4.90 Å². The molecule has 0 spiro atoms. The van der Waals surface area contributed by atoms with Crippen LogP contribution in [0, 0.1) is 0 Å². The third kappa shape index (κ3) is 5.13. The SMILES string of the molecule is c1ccc(-n2c3ccccc3c3cccc(-c4cccc(N(c5ccc(-c6cccc7ccccc67)cc5)c5ccc6oc7ccccc7c6c5)c4)c32)cc1. The molecule has 0 aliphatic heterocycles. The fraction of sp³-hybridized carbons (Fsp3) is 0. The summed E-state index contributed by atoms with van der Waals surface area (Å²) in [5, 5.41) is 7.18. The van der Waals surface area contributed by atoms with E-state index in [4.69, 9.17) is 4.42 Å². The van der Waals surface area contributed by atoms with Gasteiger partial charge < -0.3 is 13.9 Å². The molecule has 9 aromatic carbocycles. The van der Waals surface area contributed by atoms with Crippen molar-refractivity contribution < 1.29 is 4.42 Å². The first-order chi connectivity index (χ1) is 27.3. The van der Waals surface area contributed by atoms with Crippen LogP contribution in [0.4, 0.5) is 17.1 Å². The molecule has 0 bridgehead atoms. The first kappa shape index (κ1) is 31.2. The Hall–Kier alpha value is -7.36. The number of fused-ring (bicyclic) bond motifs is 7. The molecule has 0 unspecified atom stereocenters. The van der Waals surface area contributed by atoms with E-state index >= 15 is 0 Å². The van der Waals surface area contributed by atoms with Crippen molar-refractivity contribution in [1.82, 2.24) is 4.57 Å². The van der Waals surface area contributed by atoms with Crippen LogP contribution in [0.1, 0.15) is 0 Å². The Morgan fingerprint density at radius 2 is 1.00 bits per heavy atom. The van der Waals surface area contributed by atoms with E-state index in [9.17, 15) is 0 Å². The van der Waals surface area contributed by atoms with Crippen molar-refractivity contribution in [2.45, 2.75) is 0 Å². The molecular weight excluding hydrogens is 669 g/mol. The summed E-state index contributed by atoms with van der Waals surface area (Å²) in [7, 11) is 0. The molecule has 0 aliphatic rings. The van der Waals surface area contributed by atoms with Gasteiger partial charge in [-0.1, -0.05) is 140 Å². The Kier molecular flexibility index (Phi) is 7.17. The molecule has 0 fully saturated rings. The van der Waals surface area contributed by atoms with Crippen LogP contribution >= 0.6 is 0 Å². The Morgan fingerprint density at radius 1 is 0.364 bits per heavy atom. The summed E-state index contributed by atoms with van der Waals surface area (Å²) in [5.41, 5.74) is 13.3. The average molecular weight is 703 g/mol. The fourth-order valence-corrected chi connectivity index (χ4v) is 8.48. The number of nitrogens with zero attached hydrogens (tertiary/aromatic N) is 2. The lowest BCUT2D eigenvalue weighted by Gasteiger charge is -2.26. The number of furan rings is 1. The van der Waals surface area contributed by atoms with Gasteiger partial charge in [0, 0.05) is 49.9 Å². The average Bonchev–Trinajstić information content (AvgIpc) is 3.80. The molecule has 0 aliphatic carbocycles. The van der Waals surface area contributed by atoms with Crippen LogP contribution in [0.25, 0.3) is 82.5 Å². The molecule has 11 aromatic rings. The topological polar surface area (TPSA) is 21.3 Å². The summed E-state index contributed by atoms with van der Waals surface area (Å²) in [6.07, 6.45) is 0. The van der Waals surface area contributed by atoms with Gasteiger partial charge >= 0.3 is 0 Å². The van der Waals surface area contributed by atoms with Gasteiger partial charge in [0.15, 0.2) is 0 Å². The van der Waals surface area contributed by atoms with Gasteiger partial charge in [-0.25, -0.2) is 0 Å². The second kappa shape index (κ2) is 12.6. The molecule has 3 nitrogen and oxygen atoms in total. The lowest BCUT2D eigenvalue weighted by molar-refractivity contribution is 0.669. The highest BCUT2D eigenvalue weighted by Gasteiger charge is 2.20. The Bertz CT molecular complexity index is 3200. The highest BCUT2D eigenvalue weighted by atomic mass is 16.3. The third-order valence-corrected chi connectivity index (χ3v) is 11.0. The minimum Gasteiger partial charge on any atom is -0.456 e. The van der Waals surface area contributed by atoms with Gasteiger partial charge in [-0.15, -0.1) is 0 Å². The molecule has 0 saturated heterocycles. The van der Waals surface area contributed by atoms with E-state index in [1.54, 1.807) is 0 Å². The number of rotatable bonds is 6. The molecule has 0 amide bonds. The summed E-state index contributed by atoms with van der Waals surface area (Å²) in [6.45, 7) is 0. The van der Waals surface area contributed by atoms with E-state index in [-0.39, 0.29) is 0 Å². The number of benzene rings is 9. The summed E-state index contributed by atoms with van der Waals surface area (Å²) >= 11 is 0. The van der Waals surface area contributed by atoms with Gasteiger partial charge in [0.1, 0.15) is 11.2 Å². The lowest BCUT2D eigenvalue weighted by atomic mass is 9.98. The van der Waals surface area contributed by atoms with E-state index in [0.717, 1.165) is 50.3 Å². The minimum atomic E-state index is 0.880. The highest BCUT2D eigenvalue weighted by molar-refractivity contribution is 6.14. The standard InChI is InChI=1S/C52H34N2O/c1-2-16-38(17-3-1)54-49-25-8-6-20-45(49)47-24-12-23-44(52(47)54)37-15-10-18-40(33-37)53(41-31-32-51-48(34-41)46-21-7-9-26-50(46)55-51)39-29-27-36(28-30-39)43-22-11-14-35-13-4-5-19-42(35)43/h1-34H. The quantitative estimate of drug-likeness (QED) is 0.172. The number of aromatic nitrogens is 1. The van der Waals surface area contributed by atoms with Crippen molar-refractivity contribution in [3.05, 3.63) is 206 Å². The van der Waals surface area contributed by atoms with Gasteiger partial charge in [-0.05, 0) is 94.2 Å². The van der Waals surface area contributed by atoms with Crippen molar-refractivity contribution in [1.29, 1.82) is 0 Å². The Labute approximate surface area is 318 Å². The molecule has 0 atom stereocenters. The predicted octanol–water partition coefficient (Wildman–Crippen LogP) is 14.6. The molecule has 55 heavy (non-hydrogen) atoms. The molecular formula is C52H34N2O. The zero-order chi connectivity index (χ0) is 36.3. The van der Waals surface area contributed by atoms with E-state index in [1.807, 2.05) is 12.1 Å². The molecule has 2 aromatic heterocycles. The van der Waals surface area contributed by atoms with Crippen molar-refractivity contribution >= 4 is 71.6 Å². The van der Waals surface area contributed by atoms with Gasteiger partial charge in [0.05, 0.1) is 11.0 Å². The first-order valence-corrected chi connectivity index (χ1v) is 18.8. The van der Waals surface area contributed by atoms with Gasteiger partial charge in [0.25, 0.3) is 0 Å².